The van der Waals surface area contributed by atoms with E-state index in [-0.39, 0.29) is 5.75 Å². The Kier molecular flexibility index (Phi) is 3.17. The van der Waals surface area contributed by atoms with Gasteiger partial charge in [0.25, 0.3) is 0 Å². The number of pyridine rings is 1. The number of aromatic nitrogens is 1. The summed E-state index contributed by atoms with van der Waals surface area (Å²) in [7, 11) is 0. The molecule has 98 valence electrons. The summed E-state index contributed by atoms with van der Waals surface area (Å²) in [5.41, 5.74) is 1.72. The minimum atomic E-state index is 0.223. The number of hydrogen-bond acceptors (Lipinski definition) is 3. The van der Waals surface area contributed by atoms with E-state index in [0.717, 1.165) is 16.3 Å². The highest BCUT2D eigenvalue weighted by atomic mass is 16.3. The van der Waals surface area contributed by atoms with Crippen molar-refractivity contribution in [3.05, 3.63) is 65.9 Å². The van der Waals surface area contributed by atoms with Crippen LogP contribution in [-0.4, -0.2) is 16.3 Å². The highest BCUT2D eigenvalue weighted by Crippen LogP contribution is 2.26. The molecule has 0 radical (unpaired) electrons. The van der Waals surface area contributed by atoms with Crippen molar-refractivity contribution in [1.82, 2.24) is 4.98 Å². The Labute approximate surface area is 117 Å². The normalized spacial score (nSPS) is 11.2. The number of aromatic hydroxyl groups is 1. The molecule has 0 saturated heterocycles. The lowest BCUT2D eigenvalue weighted by atomic mass is 10.0. The summed E-state index contributed by atoms with van der Waals surface area (Å²) < 4.78 is 0. The molecule has 1 heterocycles. The van der Waals surface area contributed by atoms with Crippen LogP contribution in [0.1, 0.15) is 11.1 Å². The van der Waals surface area contributed by atoms with Gasteiger partial charge in [0.05, 0.1) is 0 Å². The number of benzene rings is 2. The lowest BCUT2D eigenvalue weighted by Gasteiger charge is -2.04. The maximum Gasteiger partial charge on any atom is 0.154 e. The van der Waals surface area contributed by atoms with Crippen molar-refractivity contribution in [2.75, 3.05) is 0 Å². The Balaban J connectivity index is 2.11. The molecular weight excluding hydrogens is 248 g/mol. The Morgan fingerprint density at radius 3 is 2.75 bits per heavy atom. The van der Waals surface area contributed by atoms with Crippen molar-refractivity contribution in [3.8, 4) is 5.75 Å². The quantitative estimate of drug-likeness (QED) is 0.709. The first-order valence-corrected chi connectivity index (χ1v) is 6.42. The molecule has 3 aromatic rings. The van der Waals surface area contributed by atoms with E-state index in [1.54, 1.807) is 18.5 Å². The molecule has 0 spiro atoms. The van der Waals surface area contributed by atoms with Gasteiger partial charge in [-0.15, -0.1) is 0 Å². The van der Waals surface area contributed by atoms with Crippen LogP contribution < -0.4 is 0 Å². The molecule has 0 aliphatic rings. The van der Waals surface area contributed by atoms with Crippen LogP contribution >= 0.6 is 0 Å². The summed E-state index contributed by atoms with van der Waals surface area (Å²) in [6.07, 6.45) is 3.38. The predicted octanol–water partition coefficient (Wildman–Crippen LogP) is 4.00. The minimum absolute atomic E-state index is 0.223. The van der Waals surface area contributed by atoms with E-state index >= 15 is 0 Å². The van der Waals surface area contributed by atoms with Crippen molar-refractivity contribution in [1.29, 1.82) is 0 Å². The van der Waals surface area contributed by atoms with E-state index in [1.807, 2.05) is 49.4 Å². The highest BCUT2D eigenvalue weighted by Gasteiger charge is 2.04. The number of phenols is 1. The average Bonchev–Trinajstić information content (AvgIpc) is 2.48. The molecule has 3 heteroatoms. The molecule has 0 aliphatic heterocycles. The summed E-state index contributed by atoms with van der Waals surface area (Å²) in [5.74, 6) is 0.890. The van der Waals surface area contributed by atoms with Gasteiger partial charge in [0.1, 0.15) is 5.75 Å². The first-order valence-electron chi connectivity index (χ1n) is 6.42. The Morgan fingerprint density at radius 1 is 1.05 bits per heavy atom. The zero-order valence-electron chi connectivity index (χ0n) is 11.1. The van der Waals surface area contributed by atoms with Crippen LogP contribution in [0.4, 0.5) is 5.82 Å². The van der Waals surface area contributed by atoms with Crippen molar-refractivity contribution in [3.63, 3.8) is 0 Å². The first-order chi connectivity index (χ1) is 9.75. The molecule has 0 atom stereocenters. The monoisotopic (exact) mass is 262 g/mol. The van der Waals surface area contributed by atoms with Gasteiger partial charge in [-0.3, -0.25) is 0 Å². The van der Waals surface area contributed by atoms with Gasteiger partial charge in [0.15, 0.2) is 5.82 Å². The van der Waals surface area contributed by atoms with E-state index < -0.39 is 0 Å². The van der Waals surface area contributed by atoms with Crippen molar-refractivity contribution in [2.45, 2.75) is 6.92 Å². The molecule has 3 rings (SSSR count). The number of hydrogen-bond donors (Lipinski definition) is 1. The van der Waals surface area contributed by atoms with E-state index in [1.165, 1.54) is 0 Å². The third-order valence-electron chi connectivity index (χ3n) is 3.25. The Bertz CT molecular complexity index is 794. The van der Waals surface area contributed by atoms with Gasteiger partial charge in [-0.05, 0) is 35.4 Å². The number of nitrogens with zero attached hydrogens (tertiary/aromatic N) is 2. The molecule has 0 saturated carbocycles. The van der Waals surface area contributed by atoms with Crippen molar-refractivity contribution >= 4 is 22.8 Å². The molecule has 0 unspecified atom stereocenters. The lowest BCUT2D eigenvalue weighted by Crippen LogP contribution is -1.87. The van der Waals surface area contributed by atoms with E-state index in [9.17, 15) is 5.11 Å². The smallest absolute Gasteiger partial charge is 0.154 e. The molecule has 20 heavy (non-hydrogen) atoms. The van der Waals surface area contributed by atoms with Gasteiger partial charge in [-0.2, -0.15) is 0 Å². The van der Waals surface area contributed by atoms with Crippen LogP contribution in [-0.2, 0) is 0 Å². The fraction of sp³-hybridized carbons (Fsp3) is 0.0588. The summed E-state index contributed by atoms with van der Waals surface area (Å²) in [4.78, 5) is 8.61. The third kappa shape index (κ3) is 2.26. The number of aliphatic imine (C=N–C) groups is 1. The topological polar surface area (TPSA) is 45.5 Å². The van der Waals surface area contributed by atoms with Gasteiger partial charge in [-0.25, -0.2) is 9.98 Å². The van der Waals surface area contributed by atoms with Gasteiger partial charge in [-0.1, -0.05) is 36.4 Å². The minimum Gasteiger partial charge on any atom is -0.507 e. The maximum atomic E-state index is 10.0. The molecule has 1 aromatic heterocycles. The summed E-state index contributed by atoms with van der Waals surface area (Å²) >= 11 is 0. The average molecular weight is 262 g/mol. The van der Waals surface area contributed by atoms with Crippen LogP contribution in [0.5, 0.6) is 5.75 Å². The van der Waals surface area contributed by atoms with Crippen LogP contribution in [0.15, 0.2) is 59.7 Å². The van der Waals surface area contributed by atoms with Crippen LogP contribution in [0, 0.1) is 6.92 Å². The van der Waals surface area contributed by atoms with E-state index in [2.05, 4.69) is 9.98 Å². The summed E-state index contributed by atoms with van der Waals surface area (Å²) in [5, 5.41) is 12.1. The molecule has 0 fully saturated rings. The number of fused-ring (bicyclic) bond motifs is 1. The molecule has 2 aromatic carbocycles. The summed E-state index contributed by atoms with van der Waals surface area (Å²) in [6.45, 7) is 1.96. The van der Waals surface area contributed by atoms with E-state index in [0.29, 0.717) is 11.4 Å². The second-order valence-electron chi connectivity index (χ2n) is 4.62. The Hall–Kier alpha value is -2.68. The second-order valence-corrected chi connectivity index (χ2v) is 4.62. The fourth-order valence-corrected chi connectivity index (χ4v) is 2.16. The zero-order chi connectivity index (χ0) is 13.9. The first kappa shape index (κ1) is 12.4. The maximum absolute atomic E-state index is 10.0. The molecule has 1 N–H and O–H groups in total. The van der Waals surface area contributed by atoms with Crippen molar-refractivity contribution < 1.29 is 5.11 Å². The van der Waals surface area contributed by atoms with Gasteiger partial charge < -0.3 is 5.11 Å². The standard InChI is InChI=1S/C17H14N2O/c1-12-5-4-10-18-17(12)19-11-15-14-7-3-2-6-13(14)8-9-16(15)20/h2-11,20H,1H3/b19-11+. The van der Waals surface area contributed by atoms with Crippen LogP contribution in [0.2, 0.25) is 0 Å². The molecule has 0 amide bonds. The SMILES string of the molecule is Cc1cccnc1/N=C/c1c(O)ccc2ccccc12. The van der Waals surface area contributed by atoms with Crippen molar-refractivity contribution in [2.24, 2.45) is 4.99 Å². The summed E-state index contributed by atoms with van der Waals surface area (Å²) in [6, 6.07) is 15.3. The highest BCUT2D eigenvalue weighted by molar-refractivity contribution is 6.02. The molecule has 0 aliphatic carbocycles. The predicted molar refractivity (Wildman–Crippen MR) is 81.8 cm³/mol. The number of rotatable bonds is 2. The third-order valence-corrected chi connectivity index (χ3v) is 3.25. The Morgan fingerprint density at radius 2 is 1.90 bits per heavy atom. The van der Waals surface area contributed by atoms with Crippen LogP contribution in [0.3, 0.4) is 0 Å². The molecular formula is C17H14N2O. The number of aryl methyl sites for hydroxylation is 1. The number of phenolic OH excluding ortho intramolecular Hbond substituents is 1. The van der Waals surface area contributed by atoms with Gasteiger partial charge in [0, 0.05) is 18.0 Å². The lowest BCUT2D eigenvalue weighted by molar-refractivity contribution is 0.475. The van der Waals surface area contributed by atoms with Crippen LogP contribution in [0.25, 0.3) is 10.8 Å². The largest absolute Gasteiger partial charge is 0.507 e. The zero-order valence-corrected chi connectivity index (χ0v) is 11.1. The molecule has 3 nitrogen and oxygen atoms in total. The fourth-order valence-electron chi connectivity index (χ4n) is 2.16. The van der Waals surface area contributed by atoms with E-state index in [4.69, 9.17) is 0 Å². The molecule has 0 bridgehead atoms. The van der Waals surface area contributed by atoms with Gasteiger partial charge >= 0.3 is 0 Å². The van der Waals surface area contributed by atoms with Gasteiger partial charge in [0.2, 0.25) is 0 Å². The second kappa shape index (κ2) is 5.13.